The second-order valence-electron chi connectivity index (χ2n) is 9.42. The number of nitrogens with zero attached hydrogens (tertiary/aromatic N) is 4. The van der Waals surface area contributed by atoms with Crippen LogP contribution in [0.15, 0.2) is 0 Å². The molecule has 1 aliphatic heterocycles. The lowest BCUT2D eigenvalue weighted by molar-refractivity contribution is -0.147. The maximum atomic E-state index is 12.2. The quantitative estimate of drug-likeness (QED) is 0.304. The Bertz CT molecular complexity index is 617. The summed E-state index contributed by atoms with van der Waals surface area (Å²) in [5.41, 5.74) is 0. The van der Waals surface area contributed by atoms with E-state index >= 15 is 0 Å². The minimum absolute atomic E-state index is 0.0680. The summed E-state index contributed by atoms with van der Waals surface area (Å²) in [6, 6.07) is -0.539. The molecular formula is C24H44N4O8. The Kier molecular flexibility index (Phi) is 13.9. The molecule has 1 aliphatic rings. The molecule has 0 amide bonds. The van der Waals surface area contributed by atoms with Crippen molar-refractivity contribution in [1.82, 2.24) is 19.6 Å². The molecule has 12 heteroatoms. The fraction of sp³-hybridized carbons (Fsp3) is 0.833. The maximum absolute atomic E-state index is 12.2. The van der Waals surface area contributed by atoms with Crippen LogP contribution >= 0.6 is 0 Å². The van der Waals surface area contributed by atoms with E-state index in [0.29, 0.717) is 26.2 Å². The summed E-state index contributed by atoms with van der Waals surface area (Å²) in [4.78, 5) is 56.9. The van der Waals surface area contributed by atoms with Crippen molar-refractivity contribution in [1.29, 1.82) is 0 Å². The summed E-state index contributed by atoms with van der Waals surface area (Å²) in [6.45, 7) is 10.1. The normalized spacial score (nSPS) is 25.8. The van der Waals surface area contributed by atoms with Gasteiger partial charge in [-0.05, 0) is 27.7 Å². The number of rotatable bonds is 8. The Labute approximate surface area is 214 Å². The zero-order valence-electron chi connectivity index (χ0n) is 23.0. The van der Waals surface area contributed by atoms with Crippen molar-refractivity contribution in [3.63, 3.8) is 0 Å². The summed E-state index contributed by atoms with van der Waals surface area (Å²) >= 11 is 0. The third-order valence-electron chi connectivity index (χ3n) is 6.73. The minimum Gasteiger partial charge on any atom is -0.468 e. The number of carbonyl (C=O) groups excluding carboxylic acids is 4. The summed E-state index contributed by atoms with van der Waals surface area (Å²) < 4.78 is 19.7. The van der Waals surface area contributed by atoms with E-state index in [9.17, 15) is 19.2 Å². The molecule has 0 aromatic heterocycles. The molecule has 1 fully saturated rings. The average Bonchev–Trinajstić information content (AvgIpc) is 2.85. The molecule has 12 nitrogen and oxygen atoms in total. The second-order valence-corrected chi connectivity index (χ2v) is 9.42. The highest BCUT2D eigenvalue weighted by Crippen LogP contribution is 2.16. The van der Waals surface area contributed by atoms with Crippen molar-refractivity contribution in [2.24, 2.45) is 0 Å². The van der Waals surface area contributed by atoms with Gasteiger partial charge in [-0.3, -0.25) is 38.8 Å². The van der Waals surface area contributed by atoms with Gasteiger partial charge >= 0.3 is 23.9 Å². The first-order valence-electron chi connectivity index (χ1n) is 12.2. The van der Waals surface area contributed by atoms with Crippen LogP contribution in [-0.2, 0) is 38.1 Å². The van der Waals surface area contributed by atoms with E-state index in [4.69, 9.17) is 18.9 Å². The van der Waals surface area contributed by atoms with Gasteiger partial charge in [0.25, 0.3) is 0 Å². The minimum atomic E-state index is -0.370. The summed E-state index contributed by atoms with van der Waals surface area (Å²) in [5.74, 6) is -1.48. The van der Waals surface area contributed by atoms with Gasteiger partial charge in [-0.1, -0.05) is 0 Å². The van der Waals surface area contributed by atoms with Gasteiger partial charge < -0.3 is 18.9 Å². The number of hydrogen-bond donors (Lipinski definition) is 0. The molecule has 0 aromatic rings. The summed E-state index contributed by atoms with van der Waals surface area (Å²) in [6.07, 6.45) is 0. The molecule has 0 aromatic carbocycles. The van der Waals surface area contributed by atoms with Crippen LogP contribution < -0.4 is 0 Å². The molecule has 4 atom stereocenters. The predicted molar refractivity (Wildman–Crippen MR) is 132 cm³/mol. The highest BCUT2D eigenvalue weighted by molar-refractivity contribution is 5.72. The Balaban J connectivity index is 3.41. The molecule has 1 rings (SSSR count). The zero-order chi connectivity index (χ0) is 27.4. The van der Waals surface area contributed by atoms with Gasteiger partial charge in [-0.2, -0.15) is 0 Å². The van der Waals surface area contributed by atoms with Crippen molar-refractivity contribution in [3.05, 3.63) is 0 Å². The Hall–Kier alpha value is -2.28. The second kappa shape index (κ2) is 15.7. The third-order valence-corrected chi connectivity index (χ3v) is 6.73. The van der Waals surface area contributed by atoms with Crippen molar-refractivity contribution in [2.75, 3.05) is 80.8 Å². The number of hydrogen-bond acceptors (Lipinski definition) is 12. The van der Waals surface area contributed by atoms with Gasteiger partial charge in [0, 0.05) is 50.3 Å². The van der Waals surface area contributed by atoms with Crippen molar-refractivity contribution < 1.29 is 38.1 Å². The van der Waals surface area contributed by atoms with Crippen LogP contribution in [0.1, 0.15) is 27.7 Å². The molecule has 0 radical (unpaired) electrons. The molecule has 1 saturated heterocycles. The van der Waals surface area contributed by atoms with Gasteiger partial charge in [0.15, 0.2) is 0 Å². The smallest absolute Gasteiger partial charge is 0.319 e. The fourth-order valence-corrected chi connectivity index (χ4v) is 4.34. The Morgan fingerprint density at radius 2 is 0.639 bits per heavy atom. The largest absolute Gasteiger partial charge is 0.468 e. The summed E-state index contributed by atoms with van der Waals surface area (Å²) in [5, 5.41) is 0. The molecule has 1 heterocycles. The van der Waals surface area contributed by atoms with Gasteiger partial charge in [0.1, 0.15) is 0 Å². The summed E-state index contributed by atoms with van der Waals surface area (Å²) in [7, 11) is 5.39. The topological polar surface area (TPSA) is 118 Å². The number of methoxy groups -OCH3 is 4. The van der Waals surface area contributed by atoms with Crippen LogP contribution in [0.3, 0.4) is 0 Å². The van der Waals surface area contributed by atoms with E-state index in [-0.39, 0.29) is 74.2 Å². The molecule has 208 valence electrons. The molecular weight excluding hydrogens is 472 g/mol. The highest BCUT2D eigenvalue weighted by Gasteiger charge is 2.32. The molecule has 0 aliphatic carbocycles. The molecule has 0 unspecified atom stereocenters. The van der Waals surface area contributed by atoms with Crippen molar-refractivity contribution in [2.45, 2.75) is 51.9 Å². The molecule has 0 saturated carbocycles. The van der Waals surface area contributed by atoms with Crippen LogP contribution in [-0.4, -0.2) is 148 Å². The standard InChI is InChI=1S/C24H44N4O8/c1-17-9-26(14-22(30)34-6)19(3)11-28(16-24(32)36-8)20(4)12-27(15-23(31)35-7)18(2)10-25(17)13-21(29)33-5/h17-20H,9-16H2,1-8H3/t17-,18-,19-,20-/m0/s1. The number of esters is 4. The molecule has 36 heavy (non-hydrogen) atoms. The monoisotopic (exact) mass is 516 g/mol. The van der Waals surface area contributed by atoms with Crippen LogP contribution in [0.2, 0.25) is 0 Å². The van der Waals surface area contributed by atoms with Crippen LogP contribution in [0.4, 0.5) is 0 Å². The zero-order valence-corrected chi connectivity index (χ0v) is 23.0. The van der Waals surface area contributed by atoms with E-state index < -0.39 is 0 Å². The number of ether oxygens (including phenoxy) is 4. The van der Waals surface area contributed by atoms with E-state index in [1.165, 1.54) is 28.4 Å². The van der Waals surface area contributed by atoms with E-state index in [0.717, 1.165) is 0 Å². The average molecular weight is 517 g/mol. The maximum Gasteiger partial charge on any atom is 0.319 e. The predicted octanol–water partition coefficient (Wildman–Crippen LogP) is -0.546. The number of carbonyl (C=O) groups is 4. The Morgan fingerprint density at radius 3 is 0.778 bits per heavy atom. The van der Waals surface area contributed by atoms with Gasteiger partial charge in [0.05, 0.1) is 54.6 Å². The van der Waals surface area contributed by atoms with Crippen LogP contribution in [0.5, 0.6) is 0 Å². The third kappa shape index (κ3) is 10.4. The lowest BCUT2D eigenvalue weighted by Gasteiger charge is -2.43. The Morgan fingerprint density at radius 1 is 0.472 bits per heavy atom. The van der Waals surface area contributed by atoms with Gasteiger partial charge in [-0.25, -0.2) is 0 Å². The van der Waals surface area contributed by atoms with Gasteiger partial charge in [0.2, 0.25) is 0 Å². The lowest BCUT2D eigenvalue weighted by atomic mass is 10.1. The van der Waals surface area contributed by atoms with Crippen LogP contribution in [0, 0.1) is 0 Å². The van der Waals surface area contributed by atoms with E-state index in [1.54, 1.807) is 0 Å². The first-order chi connectivity index (χ1) is 16.9. The van der Waals surface area contributed by atoms with Crippen molar-refractivity contribution in [3.8, 4) is 0 Å². The molecule has 0 N–H and O–H groups in total. The fourth-order valence-electron chi connectivity index (χ4n) is 4.34. The first-order valence-corrected chi connectivity index (χ1v) is 12.2. The highest BCUT2D eigenvalue weighted by atomic mass is 16.5. The lowest BCUT2D eigenvalue weighted by Crippen LogP contribution is -2.58. The molecule has 0 spiro atoms. The SMILES string of the molecule is COC(=O)CN1C[C@H](C)N(CC(=O)OC)C[C@H](C)N(CC(=O)OC)C[C@H](C)N(CC(=O)OC)C[C@@H]1C. The van der Waals surface area contributed by atoms with E-state index in [2.05, 4.69) is 0 Å². The van der Waals surface area contributed by atoms with E-state index in [1.807, 2.05) is 47.3 Å². The molecule has 0 bridgehead atoms. The van der Waals surface area contributed by atoms with Gasteiger partial charge in [-0.15, -0.1) is 0 Å². The van der Waals surface area contributed by atoms with Crippen LogP contribution in [0.25, 0.3) is 0 Å². The van der Waals surface area contributed by atoms with Crippen molar-refractivity contribution >= 4 is 23.9 Å². The first kappa shape index (κ1) is 31.7.